The minimum Gasteiger partial charge on any atom is -0.481 e. The highest BCUT2D eigenvalue weighted by Gasteiger charge is 2.14. The zero-order chi connectivity index (χ0) is 11.1. The summed E-state index contributed by atoms with van der Waals surface area (Å²) in [7, 11) is 0. The van der Waals surface area contributed by atoms with Crippen molar-refractivity contribution < 1.29 is 14.7 Å². The van der Waals surface area contributed by atoms with Crippen LogP contribution in [0.15, 0.2) is 11.6 Å². The van der Waals surface area contributed by atoms with Crippen molar-refractivity contribution in [1.29, 1.82) is 0 Å². The van der Waals surface area contributed by atoms with E-state index >= 15 is 0 Å². The molecule has 0 spiro atoms. The molecule has 0 aromatic carbocycles. The van der Waals surface area contributed by atoms with Gasteiger partial charge in [0.05, 0.1) is 12.6 Å². The van der Waals surface area contributed by atoms with Crippen LogP contribution in [0, 0.1) is 0 Å². The summed E-state index contributed by atoms with van der Waals surface area (Å²) in [4.78, 5) is 21.3. The van der Waals surface area contributed by atoms with Gasteiger partial charge in [0.15, 0.2) is 0 Å². The molecule has 0 saturated carbocycles. The molecule has 0 aliphatic rings. The van der Waals surface area contributed by atoms with E-state index in [2.05, 4.69) is 11.9 Å². The summed E-state index contributed by atoms with van der Waals surface area (Å²) in [6, 6.07) is -0.817. The maximum atomic E-state index is 11.1. The van der Waals surface area contributed by atoms with Crippen molar-refractivity contribution in [2.75, 3.05) is 6.54 Å². The topological polar surface area (TPSA) is 92.4 Å². The summed E-state index contributed by atoms with van der Waals surface area (Å²) in [5.41, 5.74) is 5.40. The summed E-state index contributed by atoms with van der Waals surface area (Å²) < 4.78 is 0. The minimum atomic E-state index is -0.977. The second-order valence-corrected chi connectivity index (χ2v) is 3.31. The van der Waals surface area contributed by atoms with Crippen LogP contribution in [0.4, 0.5) is 0 Å². The lowest BCUT2D eigenvalue weighted by Gasteiger charge is -2.10. The molecule has 0 radical (unpaired) electrons. The van der Waals surface area contributed by atoms with Gasteiger partial charge in [0.25, 0.3) is 0 Å². The number of hydrogen-bond donors (Lipinski definition) is 3. The van der Waals surface area contributed by atoms with Gasteiger partial charge < -0.3 is 16.2 Å². The molecule has 0 aromatic heterocycles. The van der Waals surface area contributed by atoms with Crippen molar-refractivity contribution in [2.45, 2.75) is 18.9 Å². The number of hydrogen-bond acceptors (Lipinski definition) is 3. The van der Waals surface area contributed by atoms with Crippen molar-refractivity contribution >= 4 is 23.5 Å². The number of aliphatic carboxylic acids is 1. The highest BCUT2D eigenvalue weighted by Crippen LogP contribution is 1.96. The Labute approximate surface area is 86.9 Å². The molecule has 6 heteroatoms. The zero-order valence-corrected chi connectivity index (χ0v) is 8.38. The van der Waals surface area contributed by atoms with Crippen LogP contribution in [0.1, 0.15) is 12.8 Å². The first-order valence-corrected chi connectivity index (χ1v) is 4.39. The van der Waals surface area contributed by atoms with Crippen molar-refractivity contribution in [2.24, 2.45) is 5.73 Å². The van der Waals surface area contributed by atoms with Gasteiger partial charge in [0.2, 0.25) is 5.91 Å². The molecular weight excluding hydrogens is 208 g/mol. The first-order chi connectivity index (χ1) is 6.43. The number of carboxylic acids is 1. The summed E-state index contributed by atoms with van der Waals surface area (Å²) in [6.07, 6.45) is -0.0215. The smallest absolute Gasteiger partial charge is 0.303 e. The van der Waals surface area contributed by atoms with Crippen LogP contribution in [0.25, 0.3) is 0 Å². The standard InChI is InChI=1S/C8H13ClN2O3/c1-5(9)4-11-8(14)6(10)2-3-7(12)13/h6H,1-4,10H2,(H,11,14)(H,12,13). The van der Waals surface area contributed by atoms with Gasteiger partial charge in [-0.3, -0.25) is 9.59 Å². The van der Waals surface area contributed by atoms with Crippen molar-refractivity contribution in [3.8, 4) is 0 Å². The Hall–Kier alpha value is -1.07. The number of nitrogens with two attached hydrogens (primary N) is 1. The number of carboxylic acid groups (broad SMARTS) is 1. The first kappa shape index (κ1) is 12.9. The van der Waals surface area contributed by atoms with Gasteiger partial charge in [-0.2, -0.15) is 0 Å². The van der Waals surface area contributed by atoms with E-state index in [9.17, 15) is 9.59 Å². The van der Waals surface area contributed by atoms with Crippen molar-refractivity contribution in [3.63, 3.8) is 0 Å². The number of carbonyl (C=O) groups is 2. The molecular formula is C8H13ClN2O3. The van der Waals surface area contributed by atoms with Crippen molar-refractivity contribution in [3.05, 3.63) is 11.6 Å². The number of halogens is 1. The van der Waals surface area contributed by atoms with E-state index in [1.807, 2.05) is 0 Å². The molecule has 0 aliphatic carbocycles. The molecule has 0 fully saturated rings. The highest BCUT2D eigenvalue weighted by atomic mass is 35.5. The van der Waals surface area contributed by atoms with E-state index in [4.69, 9.17) is 22.4 Å². The predicted octanol–water partition coefficient (Wildman–Crippen LogP) is 0.0472. The van der Waals surface area contributed by atoms with E-state index < -0.39 is 17.9 Å². The van der Waals surface area contributed by atoms with Crippen LogP contribution >= 0.6 is 11.6 Å². The third-order valence-electron chi connectivity index (χ3n) is 1.46. The molecule has 1 unspecified atom stereocenters. The fourth-order valence-corrected chi connectivity index (χ4v) is 0.791. The Balaban J connectivity index is 3.76. The van der Waals surface area contributed by atoms with Gasteiger partial charge in [-0.05, 0) is 6.42 Å². The number of rotatable bonds is 6. The van der Waals surface area contributed by atoms with E-state index in [0.29, 0.717) is 5.03 Å². The molecule has 0 heterocycles. The average Bonchev–Trinajstić information content (AvgIpc) is 2.09. The summed E-state index contributed by atoms with van der Waals surface area (Å²) in [6.45, 7) is 3.52. The molecule has 5 nitrogen and oxygen atoms in total. The second kappa shape index (κ2) is 6.39. The Morgan fingerprint density at radius 3 is 2.57 bits per heavy atom. The molecule has 0 rings (SSSR count). The fraction of sp³-hybridized carbons (Fsp3) is 0.500. The van der Waals surface area contributed by atoms with Crippen LogP contribution in [0.5, 0.6) is 0 Å². The predicted molar refractivity (Wildman–Crippen MR) is 52.8 cm³/mol. The molecule has 14 heavy (non-hydrogen) atoms. The number of nitrogens with one attached hydrogen (secondary N) is 1. The molecule has 1 amide bonds. The zero-order valence-electron chi connectivity index (χ0n) is 7.62. The summed E-state index contributed by atoms with van der Waals surface area (Å²) in [5.74, 6) is -1.40. The largest absolute Gasteiger partial charge is 0.481 e. The maximum absolute atomic E-state index is 11.1. The van der Waals surface area contributed by atoms with Gasteiger partial charge in [0, 0.05) is 11.5 Å². The molecule has 0 bridgehead atoms. The Morgan fingerprint density at radius 2 is 2.14 bits per heavy atom. The van der Waals surface area contributed by atoms with Crippen molar-refractivity contribution in [1.82, 2.24) is 5.32 Å². The Bertz CT molecular complexity index is 243. The maximum Gasteiger partial charge on any atom is 0.303 e. The molecule has 1 atom stereocenters. The van der Waals surface area contributed by atoms with Gasteiger partial charge in [0.1, 0.15) is 0 Å². The lowest BCUT2D eigenvalue weighted by molar-refractivity contribution is -0.137. The molecule has 4 N–H and O–H groups in total. The Kier molecular flexibility index (Phi) is 5.91. The van der Waals surface area contributed by atoms with E-state index in [0.717, 1.165) is 0 Å². The molecule has 0 saturated heterocycles. The second-order valence-electron chi connectivity index (χ2n) is 2.77. The molecule has 0 aliphatic heterocycles. The lowest BCUT2D eigenvalue weighted by Crippen LogP contribution is -2.41. The monoisotopic (exact) mass is 220 g/mol. The van der Waals surface area contributed by atoms with Crippen LogP contribution in [-0.2, 0) is 9.59 Å². The normalized spacial score (nSPS) is 11.9. The van der Waals surface area contributed by atoms with Crippen LogP contribution < -0.4 is 11.1 Å². The lowest BCUT2D eigenvalue weighted by atomic mass is 10.1. The summed E-state index contributed by atoms with van der Waals surface area (Å²) in [5, 5.41) is 11.1. The van der Waals surface area contributed by atoms with E-state index in [1.54, 1.807) is 0 Å². The van der Waals surface area contributed by atoms with Crippen LogP contribution in [-0.4, -0.2) is 29.6 Å². The van der Waals surface area contributed by atoms with Gasteiger partial charge in [-0.1, -0.05) is 18.2 Å². The van der Waals surface area contributed by atoms with E-state index in [1.165, 1.54) is 0 Å². The van der Waals surface area contributed by atoms with Crippen LogP contribution in [0.3, 0.4) is 0 Å². The third-order valence-corrected chi connectivity index (χ3v) is 1.59. The average molecular weight is 221 g/mol. The third kappa shape index (κ3) is 6.45. The Morgan fingerprint density at radius 1 is 1.57 bits per heavy atom. The summed E-state index contributed by atoms with van der Waals surface area (Å²) >= 11 is 5.41. The van der Waals surface area contributed by atoms with Crippen LogP contribution in [0.2, 0.25) is 0 Å². The highest BCUT2D eigenvalue weighted by molar-refractivity contribution is 6.29. The number of amides is 1. The fourth-order valence-electron chi connectivity index (χ4n) is 0.724. The SMILES string of the molecule is C=C(Cl)CNC(=O)C(N)CCC(=O)O. The van der Waals surface area contributed by atoms with E-state index in [-0.39, 0.29) is 19.4 Å². The number of carbonyl (C=O) groups excluding carboxylic acids is 1. The quantitative estimate of drug-likeness (QED) is 0.590. The minimum absolute atomic E-state index is 0.107. The molecule has 0 aromatic rings. The van der Waals surface area contributed by atoms with Gasteiger partial charge in [-0.15, -0.1) is 0 Å². The van der Waals surface area contributed by atoms with Gasteiger partial charge >= 0.3 is 5.97 Å². The first-order valence-electron chi connectivity index (χ1n) is 4.02. The van der Waals surface area contributed by atoms with Gasteiger partial charge in [-0.25, -0.2) is 0 Å². The molecule has 80 valence electrons.